The minimum absolute atomic E-state index is 0. The van der Waals surface area contributed by atoms with E-state index in [-0.39, 0.29) is 36.3 Å². The van der Waals surface area contributed by atoms with Crippen LogP contribution in [0.4, 0.5) is 0 Å². The number of hydrogen-bond acceptors (Lipinski definition) is 4. The monoisotopic (exact) mass is 335 g/mol. The quantitative estimate of drug-likeness (QED) is 0.844. The second-order valence-corrected chi connectivity index (χ2v) is 6.67. The van der Waals surface area contributed by atoms with Crippen molar-refractivity contribution in [1.82, 2.24) is 9.80 Å². The van der Waals surface area contributed by atoms with Crippen molar-refractivity contribution in [3.63, 3.8) is 0 Å². The second-order valence-electron chi connectivity index (χ2n) is 5.67. The molecule has 0 aliphatic carbocycles. The van der Waals surface area contributed by atoms with E-state index < -0.39 is 0 Å². The first-order valence-electron chi connectivity index (χ1n) is 7.55. The molecule has 21 heavy (non-hydrogen) atoms. The summed E-state index contributed by atoms with van der Waals surface area (Å²) >= 11 is 1.67. The molecule has 122 valence electrons. The summed E-state index contributed by atoms with van der Waals surface area (Å²) in [5, 5.41) is 0. The molecule has 0 aromatic carbocycles. The van der Waals surface area contributed by atoms with Gasteiger partial charge in [0.1, 0.15) is 6.04 Å². The van der Waals surface area contributed by atoms with Crippen LogP contribution in [0.25, 0.3) is 0 Å². The van der Waals surface area contributed by atoms with Gasteiger partial charge in [-0.05, 0) is 19.3 Å². The van der Waals surface area contributed by atoms with Gasteiger partial charge in [0.05, 0.1) is 5.88 Å². The van der Waals surface area contributed by atoms with Crippen LogP contribution in [-0.2, 0) is 9.59 Å². The molecule has 0 spiro atoms. The molecule has 2 rings (SSSR count). The molecule has 2 amide bonds. The van der Waals surface area contributed by atoms with Crippen LogP contribution in [0.3, 0.4) is 0 Å². The van der Waals surface area contributed by atoms with Crippen molar-refractivity contribution in [2.45, 2.75) is 51.1 Å². The molecule has 0 aromatic rings. The van der Waals surface area contributed by atoms with E-state index in [1.165, 1.54) is 0 Å². The number of nitrogens with zero attached hydrogens (tertiary/aromatic N) is 2. The minimum atomic E-state index is -0.269. The summed E-state index contributed by atoms with van der Waals surface area (Å²) in [6.45, 7) is 3.49. The number of carbonyl (C=O) groups excluding carboxylic acids is 2. The van der Waals surface area contributed by atoms with Crippen molar-refractivity contribution in [3.05, 3.63) is 0 Å². The minimum Gasteiger partial charge on any atom is -0.339 e. The first kappa shape index (κ1) is 18.6. The molecule has 5 nitrogen and oxygen atoms in total. The third-order valence-electron chi connectivity index (χ3n) is 4.00. The Bertz CT molecular complexity index is 370. The fraction of sp³-hybridized carbons (Fsp3) is 0.857. The Kier molecular flexibility index (Phi) is 7.84. The van der Waals surface area contributed by atoms with Crippen LogP contribution >= 0.6 is 24.2 Å². The highest BCUT2D eigenvalue weighted by Crippen LogP contribution is 2.24. The van der Waals surface area contributed by atoms with Crippen molar-refractivity contribution in [2.24, 2.45) is 5.73 Å². The molecule has 2 fully saturated rings. The zero-order valence-corrected chi connectivity index (χ0v) is 14.3. The molecule has 2 aliphatic rings. The van der Waals surface area contributed by atoms with Gasteiger partial charge in [-0.3, -0.25) is 9.59 Å². The third kappa shape index (κ3) is 4.76. The van der Waals surface area contributed by atoms with Gasteiger partial charge in [0.25, 0.3) is 0 Å². The predicted molar refractivity (Wildman–Crippen MR) is 88.5 cm³/mol. The molecule has 2 saturated heterocycles. The smallest absolute Gasteiger partial charge is 0.246 e. The highest BCUT2D eigenvalue weighted by molar-refractivity contribution is 7.99. The zero-order valence-electron chi connectivity index (χ0n) is 12.6. The maximum atomic E-state index is 12.6. The van der Waals surface area contributed by atoms with Crippen LogP contribution < -0.4 is 5.73 Å². The Morgan fingerprint density at radius 2 is 2.14 bits per heavy atom. The van der Waals surface area contributed by atoms with Crippen LogP contribution in [0.1, 0.15) is 39.0 Å². The first-order chi connectivity index (χ1) is 9.63. The normalized spacial score (nSPS) is 25.6. The van der Waals surface area contributed by atoms with Crippen molar-refractivity contribution in [2.75, 3.05) is 24.7 Å². The molecule has 2 atom stereocenters. The van der Waals surface area contributed by atoms with Gasteiger partial charge >= 0.3 is 0 Å². The molecular weight excluding hydrogens is 310 g/mol. The van der Waals surface area contributed by atoms with Crippen molar-refractivity contribution in [1.29, 1.82) is 0 Å². The van der Waals surface area contributed by atoms with Crippen molar-refractivity contribution >= 4 is 36.0 Å². The van der Waals surface area contributed by atoms with Gasteiger partial charge in [-0.25, -0.2) is 0 Å². The van der Waals surface area contributed by atoms with Crippen LogP contribution in [0, 0.1) is 0 Å². The molecule has 2 unspecified atom stereocenters. The number of carbonyl (C=O) groups is 2. The first-order valence-corrected chi connectivity index (χ1v) is 8.70. The van der Waals surface area contributed by atoms with E-state index in [2.05, 4.69) is 6.92 Å². The number of rotatable bonds is 4. The number of unbranched alkanes of at least 4 members (excludes halogenated alkanes) is 1. The number of halogens is 1. The number of nitrogens with two attached hydrogens (primary N) is 1. The van der Waals surface area contributed by atoms with Crippen LogP contribution in [0.15, 0.2) is 0 Å². The maximum Gasteiger partial charge on any atom is 0.246 e. The molecule has 2 N–H and O–H groups in total. The Labute approximate surface area is 137 Å². The number of piperidine rings is 1. The van der Waals surface area contributed by atoms with Crippen molar-refractivity contribution < 1.29 is 9.59 Å². The van der Waals surface area contributed by atoms with Crippen LogP contribution in [0.5, 0.6) is 0 Å². The maximum absolute atomic E-state index is 12.6. The Morgan fingerprint density at radius 1 is 1.38 bits per heavy atom. The fourth-order valence-corrected chi connectivity index (χ4v) is 3.96. The molecule has 2 aliphatic heterocycles. The van der Waals surface area contributed by atoms with E-state index in [0.717, 1.165) is 38.0 Å². The summed E-state index contributed by atoms with van der Waals surface area (Å²) < 4.78 is 0. The van der Waals surface area contributed by atoms with Crippen LogP contribution in [0.2, 0.25) is 0 Å². The largest absolute Gasteiger partial charge is 0.339 e. The third-order valence-corrected chi connectivity index (χ3v) is 5.01. The summed E-state index contributed by atoms with van der Waals surface area (Å²) in [6.07, 6.45) is 4.42. The van der Waals surface area contributed by atoms with Gasteiger partial charge in [0.15, 0.2) is 0 Å². The Hall–Kier alpha value is -0.460. The van der Waals surface area contributed by atoms with E-state index >= 15 is 0 Å². The van der Waals surface area contributed by atoms with Gasteiger partial charge in [-0.2, -0.15) is 0 Å². The molecule has 2 heterocycles. The van der Waals surface area contributed by atoms with E-state index in [4.69, 9.17) is 5.73 Å². The number of amides is 2. The zero-order chi connectivity index (χ0) is 14.5. The van der Waals surface area contributed by atoms with Gasteiger partial charge in [0.2, 0.25) is 11.8 Å². The van der Waals surface area contributed by atoms with E-state index in [0.29, 0.717) is 18.8 Å². The number of likely N-dealkylation sites (tertiary alicyclic amines) is 1. The van der Waals surface area contributed by atoms with Gasteiger partial charge < -0.3 is 15.5 Å². The van der Waals surface area contributed by atoms with Gasteiger partial charge in [-0.15, -0.1) is 24.2 Å². The Morgan fingerprint density at radius 3 is 2.81 bits per heavy atom. The summed E-state index contributed by atoms with van der Waals surface area (Å²) in [6, 6.07) is -0.180. The van der Waals surface area contributed by atoms with Crippen molar-refractivity contribution in [3.8, 4) is 0 Å². The molecular formula is C14H26ClN3O2S. The average Bonchev–Trinajstić information content (AvgIpc) is 2.93. The summed E-state index contributed by atoms with van der Waals surface area (Å²) in [7, 11) is 0. The van der Waals surface area contributed by atoms with Crippen LogP contribution in [-0.4, -0.2) is 58.4 Å². The van der Waals surface area contributed by atoms with Gasteiger partial charge in [-0.1, -0.05) is 13.3 Å². The topological polar surface area (TPSA) is 66.6 Å². The molecule has 0 aromatic heterocycles. The van der Waals surface area contributed by atoms with E-state index in [9.17, 15) is 9.59 Å². The highest BCUT2D eigenvalue weighted by atomic mass is 35.5. The standard InChI is InChI=1S/C14H25N3O2S.ClH/c1-2-3-6-13(18)17-10-20-9-12(17)14(19)16-7-4-5-11(15)8-16;/h11-12H,2-10,15H2,1H3;1H. The summed E-state index contributed by atoms with van der Waals surface area (Å²) in [4.78, 5) is 28.4. The average molecular weight is 336 g/mol. The van der Waals surface area contributed by atoms with E-state index in [1.54, 1.807) is 16.7 Å². The lowest BCUT2D eigenvalue weighted by molar-refractivity contribution is -0.144. The lowest BCUT2D eigenvalue weighted by atomic mass is 10.1. The summed E-state index contributed by atoms with van der Waals surface area (Å²) in [5.74, 6) is 1.59. The predicted octanol–water partition coefficient (Wildman–Crippen LogP) is 1.45. The SMILES string of the molecule is CCCCC(=O)N1CSCC1C(=O)N1CCCC(N)C1.Cl. The molecule has 0 saturated carbocycles. The second kappa shape index (κ2) is 8.86. The lowest BCUT2D eigenvalue weighted by Gasteiger charge is -2.34. The van der Waals surface area contributed by atoms with Gasteiger partial charge in [0, 0.05) is 31.3 Å². The molecule has 0 bridgehead atoms. The number of hydrogen-bond donors (Lipinski definition) is 1. The highest BCUT2D eigenvalue weighted by Gasteiger charge is 2.37. The van der Waals surface area contributed by atoms with E-state index in [1.807, 2.05) is 4.90 Å². The fourth-order valence-electron chi connectivity index (χ4n) is 2.79. The lowest BCUT2D eigenvalue weighted by Crippen LogP contribution is -2.53. The summed E-state index contributed by atoms with van der Waals surface area (Å²) in [5.41, 5.74) is 5.94. The molecule has 7 heteroatoms. The number of thioether (sulfide) groups is 1. The molecule has 0 radical (unpaired) electrons. The Balaban J connectivity index is 0.00000220.